The Balaban J connectivity index is 1.55. The summed E-state index contributed by atoms with van der Waals surface area (Å²) in [7, 11) is -3.05. The first-order valence-electron chi connectivity index (χ1n) is 8.89. The van der Waals surface area contributed by atoms with E-state index >= 15 is 0 Å². The number of hydrogen-bond donors (Lipinski definition) is 0. The predicted octanol–water partition coefficient (Wildman–Crippen LogP) is 2.92. The van der Waals surface area contributed by atoms with Crippen LogP contribution >= 0.6 is 11.8 Å². The van der Waals surface area contributed by atoms with E-state index in [1.807, 2.05) is 65.6 Å². The van der Waals surface area contributed by atoms with Gasteiger partial charge in [0.15, 0.2) is 15.0 Å². The van der Waals surface area contributed by atoms with Crippen molar-refractivity contribution < 1.29 is 13.2 Å². The van der Waals surface area contributed by atoms with E-state index < -0.39 is 9.84 Å². The molecule has 0 aromatic heterocycles. The van der Waals surface area contributed by atoms with Gasteiger partial charge in [0, 0.05) is 17.4 Å². The van der Waals surface area contributed by atoms with E-state index in [0.717, 1.165) is 11.3 Å². The third kappa shape index (κ3) is 4.09. The molecule has 2 aliphatic heterocycles. The number of benzene rings is 2. The highest BCUT2D eigenvalue weighted by molar-refractivity contribution is 8.16. The molecule has 0 saturated carbocycles. The summed E-state index contributed by atoms with van der Waals surface area (Å²) in [5, 5.41) is 0.542. The fourth-order valence-corrected chi connectivity index (χ4v) is 7.44. The van der Waals surface area contributed by atoms with Gasteiger partial charge in [-0.1, -0.05) is 60.3 Å². The molecular weight excluding hydrogens is 380 g/mol. The first-order chi connectivity index (χ1) is 13.0. The van der Waals surface area contributed by atoms with Gasteiger partial charge in [0.05, 0.1) is 17.5 Å². The molecule has 0 unspecified atom stereocenters. The molecule has 0 N–H and O–H groups in total. The number of amides is 1. The monoisotopic (exact) mass is 400 g/mol. The Morgan fingerprint density at radius 3 is 2.41 bits per heavy atom. The topological polar surface area (TPSA) is 66.8 Å². The third-order valence-electron chi connectivity index (χ3n) is 4.79. The van der Waals surface area contributed by atoms with Gasteiger partial charge < -0.3 is 4.90 Å². The van der Waals surface area contributed by atoms with Crippen LogP contribution in [0.3, 0.4) is 0 Å². The number of thioether (sulfide) groups is 1. The van der Waals surface area contributed by atoms with Gasteiger partial charge in [-0.2, -0.15) is 4.99 Å². The second kappa shape index (κ2) is 7.48. The van der Waals surface area contributed by atoms with Crippen LogP contribution in [0.4, 0.5) is 5.69 Å². The number of para-hydroxylation sites is 1. The van der Waals surface area contributed by atoms with Gasteiger partial charge in [-0.3, -0.25) is 4.79 Å². The summed E-state index contributed by atoms with van der Waals surface area (Å²) in [4.78, 5) is 18.7. The van der Waals surface area contributed by atoms with Crippen LogP contribution in [0, 0.1) is 0 Å². The average molecular weight is 401 g/mol. The van der Waals surface area contributed by atoms with Crippen LogP contribution in [0.2, 0.25) is 0 Å². The number of amidine groups is 1. The van der Waals surface area contributed by atoms with Crippen LogP contribution in [0.1, 0.15) is 12.0 Å². The van der Waals surface area contributed by atoms with Gasteiger partial charge in [-0.05, 0) is 24.1 Å². The summed E-state index contributed by atoms with van der Waals surface area (Å²) in [6.45, 7) is 0. The van der Waals surface area contributed by atoms with Crippen LogP contribution in [0.15, 0.2) is 65.7 Å². The van der Waals surface area contributed by atoms with E-state index in [1.54, 1.807) is 0 Å². The highest BCUT2D eigenvalue weighted by Gasteiger charge is 2.49. The largest absolute Gasteiger partial charge is 0.316 e. The molecule has 2 saturated heterocycles. The molecule has 140 valence electrons. The maximum absolute atomic E-state index is 12.5. The fourth-order valence-electron chi connectivity index (χ4n) is 3.51. The molecule has 0 aliphatic carbocycles. The molecule has 0 radical (unpaired) electrons. The second-order valence-electron chi connectivity index (χ2n) is 6.78. The van der Waals surface area contributed by atoms with E-state index in [4.69, 9.17) is 0 Å². The minimum Gasteiger partial charge on any atom is -0.316 e. The Morgan fingerprint density at radius 1 is 1.04 bits per heavy atom. The van der Waals surface area contributed by atoms with Crippen LogP contribution in [-0.2, 0) is 21.1 Å². The van der Waals surface area contributed by atoms with Crippen LogP contribution in [0.5, 0.6) is 0 Å². The number of hydrogen-bond acceptors (Lipinski definition) is 4. The van der Waals surface area contributed by atoms with Crippen molar-refractivity contribution in [2.45, 2.75) is 24.1 Å². The van der Waals surface area contributed by atoms with E-state index in [2.05, 4.69) is 4.99 Å². The van der Waals surface area contributed by atoms with Gasteiger partial charge in [0.1, 0.15) is 0 Å². The Bertz CT molecular complexity index is 959. The highest BCUT2D eigenvalue weighted by Crippen LogP contribution is 2.40. The van der Waals surface area contributed by atoms with Crippen LogP contribution in [-0.4, -0.2) is 42.3 Å². The zero-order valence-electron chi connectivity index (χ0n) is 14.7. The van der Waals surface area contributed by atoms with Gasteiger partial charge in [0.25, 0.3) is 0 Å². The molecule has 2 heterocycles. The number of sulfone groups is 1. The molecule has 4 rings (SSSR count). The maximum atomic E-state index is 12.5. The van der Waals surface area contributed by atoms with Gasteiger partial charge in [-0.15, -0.1) is 0 Å². The Hall–Kier alpha value is -2.12. The van der Waals surface area contributed by atoms with E-state index in [0.29, 0.717) is 18.0 Å². The summed E-state index contributed by atoms with van der Waals surface area (Å²) >= 11 is 1.41. The number of carbonyl (C=O) groups excluding carboxylic acids is 1. The first-order valence-corrected chi connectivity index (χ1v) is 11.6. The van der Waals surface area contributed by atoms with Gasteiger partial charge >= 0.3 is 0 Å². The SMILES string of the molecule is O=C(CCc1ccccc1)N=C1S[C@H]2CS(=O)(=O)C[C@@H]2N1c1ccccc1. The summed E-state index contributed by atoms with van der Waals surface area (Å²) in [5.41, 5.74) is 1.98. The summed E-state index contributed by atoms with van der Waals surface area (Å²) in [6.07, 6.45) is 0.984. The molecule has 2 fully saturated rings. The maximum Gasteiger partial charge on any atom is 0.248 e. The van der Waals surface area contributed by atoms with Crippen molar-refractivity contribution in [1.29, 1.82) is 0 Å². The summed E-state index contributed by atoms with van der Waals surface area (Å²) in [6, 6.07) is 19.3. The molecule has 0 bridgehead atoms. The zero-order valence-corrected chi connectivity index (χ0v) is 16.3. The quantitative estimate of drug-likeness (QED) is 0.789. The number of anilines is 1. The van der Waals surface area contributed by atoms with E-state index in [-0.39, 0.29) is 28.7 Å². The molecule has 5 nitrogen and oxygen atoms in total. The average Bonchev–Trinajstić information content (AvgIpc) is 3.12. The lowest BCUT2D eigenvalue weighted by Crippen LogP contribution is -2.37. The molecule has 27 heavy (non-hydrogen) atoms. The molecular formula is C20H20N2O3S2. The predicted molar refractivity (Wildman–Crippen MR) is 110 cm³/mol. The van der Waals surface area contributed by atoms with Crippen molar-refractivity contribution in [3.63, 3.8) is 0 Å². The Morgan fingerprint density at radius 2 is 1.70 bits per heavy atom. The number of fused-ring (bicyclic) bond motifs is 1. The number of aliphatic imine (C=N–C) groups is 1. The smallest absolute Gasteiger partial charge is 0.248 e. The minimum absolute atomic E-state index is 0.0733. The van der Waals surface area contributed by atoms with Crippen molar-refractivity contribution in [2.75, 3.05) is 16.4 Å². The molecule has 2 atom stereocenters. The molecule has 7 heteroatoms. The van der Waals surface area contributed by atoms with Crippen molar-refractivity contribution in [3.05, 3.63) is 66.2 Å². The summed E-state index contributed by atoms with van der Waals surface area (Å²) < 4.78 is 24.1. The Labute approximate surface area is 163 Å². The lowest BCUT2D eigenvalue weighted by Gasteiger charge is -2.24. The number of rotatable bonds is 4. The lowest BCUT2D eigenvalue weighted by molar-refractivity contribution is -0.117. The van der Waals surface area contributed by atoms with E-state index in [1.165, 1.54) is 11.8 Å². The molecule has 2 aromatic rings. The van der Waals surface area contributed by atoms with Crippen molar-refractivity contribution in [2.24, 2.45) is 4.99 Å². The zero-order chi connectivity index (χ0) is 18.9. The van der Waals surface area contributed by atoms with Crippen molar-refractivity contribution >= 4 is 38.4 Å². The third-order valence-corrected chi connectivity index (χ3v) is 8.00. The Kier molecular flexibility index (Phi) is 5.06. The second-order valence-corrected chi connectivity index (χ2v) is 10.1. The molecule has 0 spiro atoms. The number of nitrogens with zero attached hydrogens (tertiary/aromatic N) is 2. The standard InChI is InChI=1S/C20H20N2O3S2/c23-19(12-11-15-7-3-1-4-8-15)21-20-22(16-9-5-2-6-10-16)17-13-27(24,25)14-18(17)26-20/h1-10,17-18H,11-14H2/t17-,18-/m0/s1. The molecule has 1 amide bonds. The number of carbonyl (C=O) groups is 1. The van der Waals surface area contributed by atoms with Crippen molar-refractivity contribution in [3.8, 4) is 0 Å². The van der Waals surface area contributed by atoms with E-state index in [9.17, 15) is 13.2 Å². The van der Waals surface area contributed by atoms with Gasteiger partial charge in [-0.25, -0.2) is 8.42 Å². The molecule has 2 aliphatic rings. The number of aryl methyl sites for hydroxylation is 1. The normalized spacial score (nSPS) is 24.9. The lowest BCUT2D eigenvalue weighted by atomic mass is 10.1. The van der Waals surface area contributed by atoms with Crippen LogP contribution < -0.4 is 4.90 Å². The molecule has 2 aromatic carbocycles. The van der Waals surface area contributed by atoms with Gasteiger partial charge in [0.2, 0.25) is 5.91 Å². The fraction of sp³-hybridized carbons (Fsp3) is 0.300. The highest BCUT2D eigenvalue weighted by atomic mass is 32.2. The van der Waals surface area contributed by atoms with Crippen molar-refractivity contribution in [1.82, 2.24) is 0 Å². The summed E-state index contributed by atoms with van der Waals surface area (Å²) in [5.74, 6) is 0.0739. The minimum atomic E-state index is -3.05. The first kappa shape index (κ1) is 18.3. The van der Waals surface area contributed by atoms with Crippen LogP contribution in [0.25, 0.3) is 0 Å².